The number of alkyl halides is 9. The van der Waals surface area contributed by atoms with E-state index in [-0.39, 0.29) is 23.4 Å². The Kier molecular flexibility index (Phi) is 16.6. The Morgan fingerprint density at radius 2 is 1.20 bits per heavy atom. The molecule has 13 heteroatoms. The van der Waals surface area contributed by atoms with Crippen LogP contribution in [-0.2, 0) is 19.0 Å². The first-order valence-corrected chi connectivity index (χ1v) is 15.4. The Morgan fingerprint density at radius 1 is 0.825 bits per heavy atom. The predicted octanol–water partition coefficient (Wildman–Crippen LogP) is 10.2. The molecule has 1 fully saturated rings. The number of ketones is 1. The van der Waals surface area contributed by atoms with Gasteiger partial charge < -0.3 is 14.2 Å². The van der Waals surface area contributed by atoms with Gasteiger partial charge >= 0.3 is 12.1 Å². The highest BCUT2D eigenvalue weighted by molar-refractivity contribution is 14.2. The van der Waals surface area contributed by atoms with Crippen molar-refractivity contribution in [3.8, 4) is 0 Å². The van der Waals surface area contributed by atoms with Crippen molar-refractivity contribution in [3.63, 3.8) is 0 Å². The fourth-order valence-corrected chi connectivity index (χ4v) is 4.24. The van der Waals surface area contributed by atoms with Crippen molar-refractivity contribution in [2.24, 2.45) is 0 Å². The van der Waals surface area contributed by atoms with Crippen LogP contribution in [0.15, 0.2) is 11.8 Å². The Balaban J connectivity index is 0. The first-order chi connectivity index (χ1) is 17.5. The molecule has 0 N–H and O–H groups in total. The lowest BCUT2D eigenvalue weighted by atomic mass is 9.88. The van der Waals surface area contributed by atoms with Crippen molar-refractivity contribution >= 4 is 51.0 Å². The first kappa shape index (κ1) is 42.2. The average molecular weight is 820 g/mol. The van der Waals surface area contributed by atoms with Crippen LogP contribution in [0.4, 0.5) is 30.7 Å². The molecule has 0 unspecified atom stereocenters. The van der Waals surface area contributed by atoms with Crippen LogP contribution in [-0.4, -0.2) is 54.7 Å². The fourth-order valence-electron chi connectivity index (χ4n) is 4.24. The molecule has 0 amide bonds. The maximum atomic E-state index is 13.4. The van der Waals surface area contributed by atoms with Crippen LogP contribution in [0, 0.1) is 0 Å². The molecule has 240 valence electrons. The van der Waals surface area contributed by atoms with E-state index in [1.165, 1.54) is 6.08 Å². The summed E-state index contributed by atoms with van der Waals surface area (Å²) in [4.78, 5) is 11.2. The molecule has 2 aliphatic heterocycles. The Hall–Kier alpha value is 0.1000. The monoisotopic (exact) mass is 820 g/mol. The topological polar surface area (TPSA) is 44.8 Å². The highest BCUT2D eigenvalue weighted by atomic mass is 127. The zero-order valence-electron chi connectivity index (χ0n) is 25.2. The van der Waals surface area contributed by atoms with Gasteiger partial charge in [-0.3, -0.25) is 4.79 Å². The van der Waals surface area contributed by atoms with Crippen molar-refractivity contribution in [2.75, 3.05) is 6.61 Å². The van der Waals surface area contributed by atoms with E-state index in [4.69, 9.17) is 14.2 Å². The molecule has 0 aliphatic carbocycles. The molecule has 40 heavy (non-hydrogen) atoms. The second-order valence-corrected chi connectivity index (χ2v) is 17.9. The number of ether oxygens (including phenoxy) is 3. The Morgan fingerprint density at radius 3 is 1.52 bits per heavy atom. The smallest absolute Gasteiger partial charge is 0.453 e. The van der Waals surface area contributed by atoms with Gasteiger partial charge in [0.15, 0.2) is 6.61 Å². The fraction of sp³-hybridized carbons (Fsp3) is 0.889. The van der Waals surface area contributed by atoms with Gasteiger partial charge in [0.1, 0.15) is 5.78 Å². The van der Waals surface area contributed by atoms with Gasteiger partial charge in [0.05, 0.1) is 36.5 Å². The Bertz CT molecular complexity index is 801. The van der Waals surface area contributed by atoms with Gasteiger partial charge in [0.25, 0.3) is 5.92 Å². The van der Waals surface area contributed by atoms with Gasteiger partial charge in [0, 0.05) is 19.3 Å². The van der Waals surface area contributed by atoms with Crippen molar-refractivity contribution < 1.29 is 49.7 Å². The van der Waals surface area contributed by atoms with Gasteiger partial charge in [-0.15, -0.1) is 0 Å². The lowest BCUT2D eigenvalue weighted by molar-refractivity contribution is -0.302. The summed E-state index contributed by atoms with van der Waals surface area (Å²) in [6.07, 6.45) is -6.08. The van der Waals surface area contributed by atoms with E-state index in [9.17, 15) is 35.5 Å². The van der Waals surface area contributed by atoms with E-state index in [1.807, 2.05) is 41.5 Å². The van der Waals surface area contributed by atoms with Gasteiger partial charge in [-0.2, -0.15) is 22.0 Å². The number of carbonyl (C=O) groups excluding carboxylic acids is 1. The molecule has 0 radical (unpaired) electrons. The standard InChI is InChI=1S/C14H19F7O2.C9H16O2.C2H4I2.C2H6/c1-10(2)5-9(6-11(3,4)23-10)22-8-12(15,16)7-13(17,18)14(19,20)21;1-8(2)5-7(10)6-9(3,4)11-8;1-2(3)4;1-2/h5H,6-8H2,1-4H3;5-6H2,1-4H3;2H,1H3;1-2H3. The van der Waals surface area contributed by atoms with Gasteiger partial charge in [0.2, 0.25) is 0 Å². The summed E-state index contributed by atoms with van der Waals surface area (Å²) in [5, 5.41) is 0. The number of carbonyl (C=O) groups is 1. The van der Waals surface area contributed by atoms with Crippen LogP contribution in [0.3, 0.4) is 0 Å². The third kappa shape index (κ3) is 18.6. The maximum Gasteiger partial charge on any atom is 0.453 e. The zero-order chi connectivity index (χ0) is 32.6. The van der Waals surface area contributed by atoms with E-state index >= 15 is 0 Å². The van der Waals surface area contributed by atoms with Gasteiger partial charge in [-0.05, 0) is 68.4 Å². The largest absolute Gasteiger partial charge is 0.492 e. The molecule has 2 aliphatic rings. The van der Waals surface area contributed by atoms with Crippen LogP contribution < -0.4 is 0 Å². The summed E-state index contributed by atoms with van der Waals surface area (Å²) in [5.41, 5.74) is -2.10. The lowest BCUT2D eigenvalue weighted by Crippen LogP contribution is -2.45. The molecule has 0 atom stereocenters. The SMILES string of the molecule is CC.CC(I)I.CC1(C)C=C(OCC(F)(F)CC(F)(F)C(F)(F)F)CC(C)(C)O1.CC1(C)CC(=O)CC(C)(C)O1. The van der Waals surface area contributed by atoms with E-state index < -0.39 is 42.3 Å². The van der Waals surface area contributed by atoms with Crippen molar-refractivity contribution in [1.29, 1.82) is 0 Å². The molecular formula is C27H45F7I2O4. The summed E-state index contributed by atoms with van der Waals surface area (Å²) in [7, 11) is 0. The quantitative estimate of drug-likeness (QED) is 0.158. The predicted molar refractivity (Wildman–Crippen MR) is 161 cm³/mol. The molecule has 0 saturated carbocycles. The van der Waals surface area contributed by atoms with E-state index in [1.54, 1.807) is 27.7 Å². The number of rotatable bonds is 5. The molecule has 0 aromatic heterocycles. The molecule has 0 bridgehead atoms. The summed E-state index contributed by atoms with van der Waals surface area (Å²) < 4.78 is 105. The number of halogens is 9. The highest BCUT2D eigenvalue weighted by Gasteiger charge is 2.62. The number of Topliss-reactive ketones (excluding diaryl/α,β-unsaturated/α-hetero) is 1. The van der Waals surface area contributed by atoms with Crippen LogP contribution in [0.5, 0.6) is 0 Å². The third-order valence-electron chi connectivity index (χ3n) is 4.81. The maximum absolute atomic E-state index is 13.4. The van der Waals surface area contributed by atoms with Crippen molar-refractivity contribution in [2.45, 2.75) is 144 Å². The number of hydrogen-bond acceptors (Lipinski definition) is 4. The van der Waals surface area contributed by atoms with Crippen LogP contribution in [0.25, 0.3) is 0 Å². The molecule has 2 heterocycles. The van der Waals surface area contributed by atoms with Crippen molar-refractivity contribution in [3.05, 3.63) is 11.8 Å². The third-order valence-corrected chi connectivity index (χ3v) is 4.81. The first-order valence-electron chi connectivity index (χ1n) is 12.9. The van der Waals surface area contributed by atoms with Crippen LogP contribution in [0.2, 0.25) is 0 Å². The second kappa shape index (κ2) is 15.7. The number of hydrogen-bond donors (Lipinski definition) is 0. The van der Waals surface area contributed by atoms with Gasteiger partial charge in [-0.1, -0.05) is 59.0 Å². The molecule has 0 spiro atoms. The van der Waals surface area contributed by atoms with E-state index in [0.29, 0.717) is 18.6 Å². The van der Waals surface area contributed by atoms with E-state index in [2.05, 4.69) is 52.1 Å². The zero-order valence-corrected chi connectivity index (χ0v) is 29.5. The highest BCUT2D eigenvalue weighted by Crippen LogP contribution is 2.43. The van der Waals surface area contributed by atoms with Crippen molar-refractivity contribution in [1.82, 2.24) is 0 Å². The lowest BCUT2D eigenvalue weighted by Gasteiger charge is -2.40. The minimum absolute atomic E-state index is 0.0706. The molecular weight excluding hydrogens is 775 g/mol. The van der Waals surface area contributed by atoms with E-state index in [0.717, 1.165) is 1.93 Å². The van der Waals surface area contributed by atoms with Crippen LogP contribution >= 0.6 is 45.2 Å². The molecule has 4 nitrogen and oxygen atoms in total. The molecule has 0 aromatic carbocycles. The summed E-state index contributed by atoms with van der Waals surface area (Å²) in [5.74, 6) is -9.43. The summed E-state index contributed by atoms with van der Waals surface area (Å²) in [6.45, 7) is 19.1. The summed E-state index contributed by atoms with van der Waals surface area (Å²) >= 11 is 4.66. The second-order valence-electron chi connectivity index (χ2n) is 11.8. The minimum Gasteiger partial charge on any atom is -0.492 e. The summed E-state index contributed by atoms with van der Waals surface area (Å²) in [6, 6.07) is 0. The molecule has 1 saturated heterocycles. The normalized spacial score (nSPS) is 21.4. The minimum atomic E-state index is -6.03. The van der Waals surface area contributed by atoms with Gasteiger partial charge in [-0.25, -0.2) is 8.78 Å². The Labute approximate surface area is 262 Å². The average Bonchev–Trinajstić information content (AvgIpc) is 2.61. The molecule has 0 aromatic rings. The van der Waals surface area contributed by atoms with Crippen LogP contribution in [0.1, 0.15) is 102 Å². The molecule has 2 rings (SSSR count).